The summed E-state index contributed by atoms with van der Waals surface area (Å²) in [4.78, 5) is 0.176. The fraction of sp³-hybridized carbons (Fsp3) is 0.500. The van der Waals surface area contributed by atoms with Gasteiger partial charge in [0.05, 0.1) is 16.7 Å². The van der Waals surface area contributed by atoms with Crippen molar-refractivity contribution in [3.8, 4) is 0 Å². The van der Waals surface area contributed by atoms with Gasteiger partial charge < -0.3 is 0 Å². The Labute approximate surface area is 137 Å². The first kappa shape index (κ1) is 16.7. The van der Waals surface area contributed by atoms with Gasteiger partial charge in [-0.1, -0.05) is 37.5 Å². The molecule has 0 saturated heterocycles. The largest absolute Gasteiger partial charge is 0.241 e. The van der Waals surface area contributed by atoms with Crippen LogP contribution in [0.4, 0.5) is 0 Å². The second-order valence-electron chi connectivity index (χ2n) is 6.29. The third kappa shape index (κ3) is 4.02. The Morgan fingerprint density at radius 1 is 1.00 bits per heavy atom. The van der Waals surface area contributed by atoms with E-state index in [1.54, 1.807) is 12.1 Å². The van der Waals surface area contributed by atoms with E-state index in [9.17, 15) is 16.8 Å². The number of nitrogens with one attached hydrogen (secondary N) is 1. The molecule has 0 spiro atoms. The number of sulfonamides is 1. The zero-order valence-corrected chi connectivity index (χ0v) is 14.4. The van der Waals surface area contributed by atoms with Crippen LogP contribution in [0.15, 0.2) is 40.6 Å². The second kappa shape index (κ2) is 6.37. The molecule has 7 heteroatoms. The van der Waals surface area contributed by atoms with E-state index in [-0.39, 0.29) is 10.6 Å². The predicted molar refractivity (Wildman–Crippen MR) is 89.3 cm³/mol. The molecule has 23 heavy (non-hydrogen) atoms. The molecular weight excluding hydrogens is 334 g/mol. The fourth-order valence-corrected chi connectivity index (χ4v) is 5.80. The van der Waals surface area contributed by atoms with Crippen LogP contribution in [-0.2, 0) is 19.9 Å². The molecule has 2 aliphatic rings. The van der Waals surface area contributed by atoms with Crippen molar-refractivity contribution < 1.29 is 16.8 Å². The Hall–Kier alpha value is -1.18. The minimum absolute atomic E-state index is 0.176. The highest BCUT2D eigenvalue weighted by atomic mass is 32.2. The van der Waals surface area contributed by atoms with E-state index < -0.39 is 25.9 Å². The number of rotatable bonds is 4. The van der Waals surface area contributed by atoms with Crippen molar-refractivity contribution in [2.75, 3.05) is 5.75 Å². The van der Waals surface area contributed by atoms with Crippen molar-refractivity contribution in [3.05, 3.63) is 41.3 Å². The van der Waals surface area contributed by atoms with Crippen LogP contribution in [0.3, 0.4) is 0 Å². The smallest absolute Gasteiger partial charge is 0.224 e. The lowest BCUT2D eigenvalue weighted by Crippen LogP contribution is -2.35. The van der Waals surface area contributed by atoms with Crippen molar-refractivity contribution >= 4 is 19.9 Å². The molecule has 1 aromatic carbocycles. The molecule has 1 N–H and O–H groups in total. The van der Waals surface area contributed by atoms with Crippen molar-refractivity contribution in [1.29, 1.82) is 0 Å². The monoisotopic (exact) mass is 355 g/mol. The summed E-state index contributed by atoms with van der Waals surface area (Å²) in [5, 5.41) is 1.06. The molecule has 3 rings (SSSR count). The van der Waals surface area contributed by atoms with Gasteiger partial charge in [0.25, 0.3) is 0 Å². The van der Waals surface area contributed by atoms with Gasteiger partial charge in [0.15, 0.2) is 9.84 Å². The van der Waals surface area contributed by atoms with Crippen LogP contribution in [0, 0.1) is 0 Å². The number of hydrogen-bond donors (Lipinski definition) is 1. The van der Waals surface area contributed by atoms with Gasteiger partial charge in [-0.15, -0.1) is 0 Å². The maximum atomic E-state index is 12.3. The van der Waals surface area contributed by atoms with Gasteiger partial charge in [0.2, 0.25) is 10.0 Å². The quantitative estimate of drug-likeness (QED) is 0.899. The summed E-state index contributed by atoms with van der Waals surface area (Å²) in [6.07, 6.45) is 7.45. The molecule has 1 aliphatic carbocycles. The molecule has 1 heterocycles. The van der Waals surface area contributed by atoms with Gasteiger partial charge >= 0.3 is 0 Å². The summed E-state index contributed by atoms with van der Waals surface area (Å²) in [6.45, 7) is 0. The summed E-state index contributed by atoms with van der Waals surface area (Å²) < 4.78 is 49.8. The van der Waals surface area contributed by atoms with Gasteiger partial charge in [-0.2, -0.15) is 0 Å². The van der Waals surface area contributed by atoms with Crippen molar-refractivity contribution in [2.45, 2.75) is 49.0 Å². The molecule has 0 radical (unpaired) electrons. The first-order valence-corrected chi connectivity index (χ1v) is 11.1. The third-order valence-corrected chi connectivity index (χ3v) is 7.40. The van der Waals surface area contributed by atoms with E-state index >= 15 is 0 Å². The van der Waals surface area contributed by atoms with Crippen molar-refractivity contribution in [2.24, 2.45) is 0 Å². The SMILES string of the molecule is O=S1(=O)C=C[C@@H](NS(=O)(=O)c2ccc(C3CCCCC3)cc2)C1. The van der Waals surface area contributed by atoms with Crippen LogP contribution < -0.4 is 4.72 Å². The van der Waals surface area contributed by atoms with Gasteiger partial charge in [-0.05, 0) is 36.5 Å². The lowest BCUT2D eigenvalue weighted by Gasteiger charge is -2.22. The molecule has 1 saturated carbocycles. The molecule has 5 nitrogen and oxygen atoms in total. The van der Waals surface area contributed by atoms with E-state index in [0.29, 0.717) is 5.92 Å². The lowest BCUT2D eigenvalue weighted by atomic mass is 9.84. The number of benzene rings is 1. The highest BCUT2D eigenvalue weighted by molar-refractivity contribution is 7.94. The predicted octanol–water partition coefficient (Wildman–Crippen LogP) is 2.32. The summed E-state index contributed by atoms with van der Waals surface area (Å²) in [5.74, 6) is 0.309. The Morgan fingerprint density at radius 3 is 2.22 bits per heavy atom. The molecule has 126 valence electrons. The molecular formula is C16H21NO4S2. The van der Waals surface area contributed by atoms with Crippen molar-refractivity contribution in [1.82, 2.24) is 4.72 Å². The highest BCUT2D eigenvalue weighted by Gasteiger charge is 2.27. The first-order valence-electron chi connectivity index (χ1n) is 7.89. The van der Waals surface area contributed by atoms with Crippen LogP contribution in [0.25, 0.3) is 0 Å². The Morgan fingerprint density at radius 2 is 1.65 bits per heavy atom. The summed E-state index contributed by atoms with van der Waals surface area (Å²) >= 11 is 0. The zero-order chi connectivity index (χ0) is 16.5. The van der Waals surface area contributed by atoms with Crippen molar-refractivity contribution in [3.63, 3.8) is 0 Å². The topological polar surface area (TPSA) is 80.3 Å². The minimum atomic E-state index is -3.71. The standard InChI is InChI=1S/C16H21NO4S2/c18-22(19)11-10-15(12-22)17-23(20,21)16-8-6-14(7-9-16)13-4-2-1-3-5-13/h6-11,13,15,17H,1-5,12H2/t15-/m1/s1. The molecule has 1 atom stereocenters. The molecule has 0 aromatic heterocycles. The average Bonchev–Trinajstić information content (AvgIpc) is 2.86. The fourth-order valence-electron chi connectivity index (χ4n) is 3.27. The molecule has 0 bridgehead atoms. The molecule has 1 fully saturated rings. The van der Waals surface area contributed by atoms with Crippen LogP contribution in [-0.4, -0.2) is 28.6 Å². The Kier molecular flexibility index (Phi) is 4.62. The van der Waals surface area contributed by atoms with Crippen LogP contribution in [0.2, 0.25) is 0 Å². The summed E-state index contributed by atoms with van der Waals surface area (Å²) in [5.41, 5.74) is 1.19. The Balaban J connectivity index is 1.71. The van der Waals surface area contributed by atoms with Gasteiger partial charge in [-0.25, -0.2) is 21.6 Å². The molecule has 1 aromatic rings. The van der Waals surface area contributed by atoms with Gasteiger partial charge in [0, 0.05) is 5.41 Å². The van der Waals surface area contributed by atoms with E-state index in [1.807, 2.05) is 12.1 Å². The Bertz CT molecular complexity index is 789. The number of sulfone groups is 1. The molecule has 1 aliphatic heterocycles. The maximum absolute atomic E-state index is 12.3. The summed E-state index contributed by atoms with van der Waals surface area (Å²) in [7, 11) is -6.99. The lowest BCUT2D eigenvalue weighted by molar-refractivity contribution is 0.443. The van der Waals surface area contributed by atoms with Gasteiger partial charge in [0.1, 0.15) is 0 Å². The molecule has 0 amide bonds. The van der Waals surface area contributed by atoms with E-state index in [1.165, 1.54) is 30.9 Å². The number of hydrogen-bond acceptors (Lipinski definition) is 4. The van der Waals surface area contributed by atoms with Gasteiger partial charge in [-0.3, -0.25) is 0 Å². The van der Waals surface area contributed by atoms with E-state index in [4.69, 9.17) is 0 Å². The van der Waals surface area contributed by atoms with E-state index in [0.717, 1.165) is 18.2 Å². The normalized spacial score (nSPS) is 24.8. The first-order chi connectivity index (χ1) is 10.9. The third-order valence-electron chi connectivity index (χ3n) is 4.50. The highest BCUT2D eigenvalue weighted by Crippen LogP contribution is 2.32. The van der Waals surface area contributed by atoms with Crippen LogP contribution in [0.1, 0.15) is 43.6 Å². The minimum Gasteiger partial charge on any atom is -0.224 e. The summed E-state index contributed by atoms with van der Waals surface area (Å²) in [6, 6.07) is 6.29. The van der Waals surface area contributed by atoms with Crippen LogP contribution in [0.5, 0.6) is 0 Å². The second-order valence-corrected chi connectivity index (χ2v) is 9.94. The molecule has 0 unspecified atom stereocenters. The maximum Gasteiger partial charge on any atom is 0.241 e. The zero-order valence-electron chi connectivity index (χ0n) is 12.8. The average molecular weight is 355 g/mol. The van der Waals surface area contributed by atoms with E-state index in [2.05, 4.69) is 4.72 Å². The van der Waals surface area contributed by atoms with Crippen LogP contribution >= 0.6 is 0 Å².